The highest BCUT2D eigenvalue weighted by molar-refractivity contribution is 9.10. The molecular formula is C21H21BrN6O3. The lowest BCUT2D eigenvalue weighted by Crippen LogP contribution is -2.43. The van der Waals surface area contributed by atoms with Crippen molar-refractivity contribution in [1.29, 1.82) is 0 Å². The van der Waals surface area contributed by atoms with Gasteiger partial charge < -0.3 is 14.8 Å². The average molecular weight is 485 g/mol. The van der Waals surface area contributed by atoms with Gasteiger partial charge in [0.25, 0.3) is 5.91 Å². The highest BCUT2D eigenvalue weighted by Gasteiger charge is 2.50. The second-order valence-electron chi connectivity index (χ2n) is 7.30. The molecule has 0 saturated carbocycles. The molecule has 1 fully saturated rings. The Kier molecular flexibility index (Phi) is 5.30. The first-order valence-corrected chi connectivity index (χ1v) is 10.8. The summed E-state index contributed by atoms with van der Waals surface area (Å²) in [6, 6.07) is 11.7. The number of hydrogen-bond donors (Lipinski definition) is 1. The summed E-state index contributed by atoms with van der Waals surface area (Å²) in [5.74, 6) is 0.471. The predicted molar refractivity (Wildman–Crippen MR) is 115 cm³/mol. The second kappa shape index (κ2) is 8.12. The van der Waals surface area contributed by atoms with Gasteiger partial charge in [-0.25, -0.2) is 9.67 Å². The normalized spacial score (nSPS) is 19.9. The molecule has 0 aliphatic carbocycles. The molecule has 31 heavy (non-hydrogen) atoms. The summed E-state index contributed by atoms with van der Waals surface area (Å²) in [7, 11) is 1.59. The lowest BCUT2D eigenvalue weighted by Gasteiger charge is -2.35. The number of rotatable bonds is 5. The number of nitrogens with zero attached hydrogens (tertiary/aromatic N) is 5. The van der Waals surface area contributed by atoms with Crippen LogP contribution in [0.1, 0.15) is 27.7 Å². The van der Waals surface area contributed by atoms with E-state index in [1.165, 1.54) is 0 Å². The minimum absolute atomic E-state index is 0.130. The van der Waals surface area contributed by atoms with Crippen molar-refractivity contribution < 1.29 is 14.3 Å². The number of aromatic nitrogens is 4. The van der Waals surface area contributed by atoms with Crippen LogP contribution < -0.4 is 5.32 Å². The van der Waals surface area contributed by atoms with E-state index in [0.29, 0.717) is 38.7 Å². The molecule has 4 heterocycles. The number of pyridine rings is 1. The molecule has 0 radical (unpaired) electrons. The topological polar surface area (TPSA) is 94.4 Å². The van der Waals surface area contributed by atoms with Crippen molar-refractivity contribution in [3.63, 3.8) is 0 Å². The summed E-state index contributed by atoms with van der Waals surface area (Å²) in [5, 5.41) is 7.33. The number of ether oxygens (including phenoxy) is 2. The van der Waals surface area contributed by atoms with E-state index in [4.69, 9.17) is 9.47 Å². The fourth-order valence-corrected chi connectivity index (χ4v) is 4.51. The molecule has 5 rings (SSSR count). The maximum Gasteiger partial charge on any atom is 0.291 e. The summed E-state index contributed by atoms with van der Waals surface area (Å²) in [6.07, 6.45) is 1.77. The van der Waals surface area contributed by atoms with Crippen LogP contribution in [0.25, 0.3) is 5.69 Å². The predicted octanol–water partition coefficient (Wildman–Crippen LogP) is 1.85. The van der Waals surface area contributed by atoms with Crippen molar-refractivity contribution in [2.24, 2.45) is 0 Å². The van der Waals surface area contributed by atoms with Gasteiger partial charge in [0.05, 0.1) is 31.1 Å². The van der Waals surface area contributed by atoms with E-state index in [1.807, 2.05) is 36.4 Å². The number of benzene rings is 1. The maximum atomic E-state index is 12.5. The van der Waals surface area contributed by atoms with Gasteiger partial charge in [0, 0.05) is 36.4 Å². The van der Waals surface area contributed by atoms with Gasteiger partial charge in [0.15, 0.2) is 5.72 Å². The number of carbonyl (C=O) groups is 1. The molecule has 160 valence electrons. The number of hydrogen-bond acceptors (Lipinski definition) is 7. The Labute approximate surface area is 187 Å². The van der Waals surface area contributed by atoms with E-state index in [9.17, 15) is 4.79 Å². The third kappa shape index (κ3) is 3.35. The van der Waals surface area contributed by atoms with Crippen molar-refractivity contribution in [3.8, 4) is 5.69 Å². The van der Waals surface area contributed by atoms with Crippen LogP contribution in [0.4, 0.5) is 0 Å². The molecule has 3 aromatic rings. The summed E-state index contributed by atoms with van der Waals surface area (Å²) in [4.78, 5) is 23.9. The van der Waals surface area contributed by atoms with Gasteiger partial charge in [-0.2, -0.15) is 0 Å². The molecule has 1 saturated heterocycles. The van der Waals surface area contributed by atoms with E-state index in [2.05, 4.69) is 41.2 Å². The second-order valence-corrected chi connectivity index (χ2v) is 8.22. The first-order chi connectivity index (χ1) is 15.1. The van der Waals surface area contributed by atoms with Crippen molar-refractivity contribution in [2.75, 3.05) is 33.4 Å². The van der Waals surface area contributed by atoms with Crippen molar-refractivity contribution in [2.45, 2.75) is 12.3 Å². The van der Waals surface area contributed by atoms with Crippen molar-refractivity contribution >= 4 is 21.8 Å². The van der Waals surface area contributed by atoms with Gasteiger partial charge in [-0.15, -0.1) is 5.10 Å². The molecule has 2 aliphatic heterocycles. The fourth-order valence-electron chi connectivity index (χ4n) is 4.14. The Morgan fingerprint density at radius 2 is 2.26 bits per heavy atom. The van der Waals surface area contributed by atoms with E-state index >= 15 is 0 Å². The Morgan fingerprint density at radius 1 is 1.35 bits per heavy atom. The zero-order valence-corrected chi connectivity index (χ0v) is 18.5. The van der Waals surface area contributed by atoms with E-state index < -0.39 is 5.72 Å². The van der Waals surface area contributed by atoms with Gasteiger partial charge in [0.2, 0.25) is 5.82 Å². The largest absolute Gasteiger partial charge is 0.383 e. The summed E-state index contributed by atoms with van der Waals surface area (Å²) >= 11 is 3.60. The van der Waals surface area contributed by atoms with Crippen LogP contribution in [0.15, 0.2) is 47.1 Å². The standard InChI is InChI=1S/C21H21BrN6O3/c1-30-10-8-24-20(29)19-25-18-13-27-9-11-31-21(27,17-4-2-3-7-23-17)15-12-14(22)5-6-16(15)28(18)26-19/h2-7,12H,8-11,13H2,1H3,(H,24,29). The molecular weight excluding hydrogens is 464 g/mol. The third-order valence-electron chi connectivity index (χ3n) is 5.48. The average Bonchev–Trinajstić information content (AvgIpc) is 3.38. The fraction of sp³-hybridized carbons (Fsp3) is 0.333. The number of halogens is 1. The highest BCUT2D eigenvalue weighted by Crippen LogP contribution is 2.45. The molecule has 10 heteroatoms. The minimum Gasteiger partial charge on any atom is -0.383 e. The first-order valence-electron chi connectivity index (χ1n) is 9.97. The van der Waals surface area contributed by atoms with Crippen molar-refractivity contribution in [3.05, 3.63) is 70.0 Å². The van der Waals surface area contributed by atoms with Gasteiger partial charge in [0.1, 0.15) is 5.82 Å². The van der Waals surface area contributed by atoms with E-state index in [1.54, 1.807) is 18.0 Å². The van der Waals surface area contributed by atoms with Crippen LogP contribution in [0.5, 0.6) is 0 Å². The SMILES string of the molecule is COCCNC(=O)c1nc2n(n1)-c1ccc(Br)cc1C1(c3ccccn3)OCCN1C2. The van der Waals surface area contributed by atoms with Crippen LogP contribution in [0, 0.1) is 0 Å². The smallest absolute Gasteiger partial charge is 0.291 e. The monoisotopic (exact) mass is 484 g/mol. The number of carbonyl (C=O) groups excluding carboxylic acids is 1. The Bertz CT molecular complexity index is 1120. The Balaban J connectivity index is 1.65. The quantitative estimate of drug-likeness (QED) is 0.552. The van der Waals surface area contributed by atoms with Gasteiger partial charge >= 0.3 is 0 Å². The number of fused-ring (bicyclic) bond motifs is 5. The molecule has 1 unspecified atom stereocenters. The first kappa shape index (κ1) is 20.3. The molecule has 9 nitrogen and oxygen atoms in total. The van der Waals surface area contributed by atoms with Crippen LogP contribution in [-0.2, 0) is 21.7 Å². The molecule has 1 N–H and O–H groups in total. The van der Waals surface area contributed by atoms with Crippen molar-refractivity contribution in [1.82, 2.24) is 30.0 Å². The molecule has 0 spiro atoms. The van der Waals surface area contributed by atoms with Crippen LogP contribution in [-0.4, -0.2) is 64.0 Å². The van der Waals surface area contributed by atoms with E-state index in [0.717, 1.165) is 21.4 Å². The number of amides is 1. The molecule has 1 atom stereocenters. The zero-order chi connectivity index (χ0) is 21.4. The Morgan fingerprint density at radius 3 is 3.06 bits per heavy atom. The summed E-state index contributed by atoms with van der Waals surface area (Å²) in [6.45, 7) is 2.53. The minimum atomic E-state index is -0.857. The van der Waals surface area contributed by atoms with Crippen LogP contribution >= 0.6 is 15.9 Å². The lowest BCUT2D eigenvalue weighted by molar-refractivity contribution is -0.0585. The third-order valence-corrected chi connectivity index (χ3v) is 5.98. The molecule has 1 aromatic carbocycles. The molecule has 2 aliphatic rings. The van der Waals surface area contributed by atoms with Gasteiger partial charge in [-0.05, 0) is 30.3 Å². The summed E-state index contributed by atoms with van der Waals surface area (Å²) in [5.41, 5.74) is 1.64. The molecule has 2 aromatic heterocycles. The van der Waals surface area contributed by atoms with Gasteiger partial charge in [-0.3, -0.25) is 14.7 Å². The molecule has 0 bridgehead atoms. The van der Waals surface area contributed by atoms with Crippen LogP contribution in [0.3, 0.4) is 0 Å². The number of methoxy groups -OCH3 is 1. The number of nitrogens with one attached hydrogen (secondary N) is 1. The maximum absolute atomic E-state index is 12.5. The summed E-state index contributed by atoms with van der Waals surface area (Å²) < 4.78 is 14.1. The molecule has 1 amide bonds. The highest BCUT2D eigenvalue weighted by atomic mass is 79.9. The van der Waals surface area contributed by atoms with E-state index in [-0.39, 0.29) is 11.7 Å². The zero-order valence-electron chi connectivity index (χ0n) is 16.9. The lowest BCUT2D eigenvalue weighted by atomic mass is 9.95. The van der Waals surface area contributed by atoms with Gasteiger partial charge in [-0.1, -0.05) is 22.0 Å². The Hall–Kier alpha value is -2.66. The van der Waals surface area contributed by atoms with Crippen LogP contribution in [0.2, 0.25) is 0 Å².